The number of hydrogen-bond donors (Lipinski definition) is 0. The van der Waals surface area contributed by atoms with E-state index in [1.807, 2.05) is 0 Å². The molecule has 0 N–H and O–H groups in total. The van der Waals surface area contributed by atoms with E-state index in [1.165, 1.54) is 38.5 Å². The minimum atomic E-state index is 0.364. The monoisotopic (exact) mass is 242 g/mol. The molecule has 0 bridgehead atoms. The van der Waals surface area contributed by atoms with Gasteiger partial charge in [-0.25, -0.2) is 0 Å². The van der Waals surface area contributed by atoms with Gasteiger partial charge in [0.25, 0.3) is 0 Å². The molecule has 0 radical (unpaired) electrons. The van der Waals surface area contributed by atoms with Gasteiger partial charge in [0.2, 0.25) is 0 Å². The molecular weight excluding hydrogens is 216 g/mol. The van der Waals surface area contributed by atoms with Crippen molar-refractivity contribution in [3.05, 3.63) is 35.4 Å². The molecule has 0 amide bonds. The molecule has 18 heavy (non-hydrogen) atoms. The number of benzene rings is 1. The summed E-state index contributed by atoms with van der Waals surface area (Å²) in [6.07, 6.45) is 8.58. The first kappa shape index (κ1) is 12.3. The van der Waals surface area contributed by atoms with Crippen molar-refractivity contribution in [2.45, 2.75) is 70.1 Å². The van der Waals surface area contributed by atoms with Gasteiger partial charge in [-0.15, -0.1) is 0 Å². The molecule has 0 heterocycles. The summed E-state index contributed by atoms with van der Waals surface area (Å²) in [5, 5.41) is 0. The smallest absolute Gasteiger partial charge is 0.00358 e. The molecule has 0 heteroatoms. The van der Waals surface area contributed by atoms with E-state index < -0.39 is 0 Å². The van der Waals surface area contributed by atoms with Crippen LogP contribution in [0.4, 0.5) is 0 Å². The molecule has 98 valence electrons. The fraction of sp³-hybridized carbons (Fsp3) is 0.667. The molecule has 0 spiro atoms. The summed E-state index contributed by atoms with van der Waals surface area (Å²) >= 11 is 0. The molecule has 1 aromatic carbocycles. The highest BCUT2D eigenvalue weighted by atomic mass is 14.5. The summed E-state index contributed by atoms with van der Waals surface area (Å²) in [4.78, 5) is 0. The van der Waals surface area contributed by atoms with E-state index in [1.54, 1.807) is 11.1 Å². The van der Waals surface area contributed by atoms with Crippen LogP contribution in [0.2, 0.25) is 0 Å². The molecule has 2 aliphatic carbocycles. The minimum Gasteiger partial charge on any atom is -0.0620 e. The zero-order valence-corrected chi connectivity index (χ0v) is 12.1. The minimum absolute atomic E-state index is 0.364. The molecule has 1 fully saturated rings. The van der Waals surface area contributed by atoms with Crippen LogP contribution in [-0.4, -0.2) is 0 Å². The van der Waals surface area contributed by atoms with Crippen LogP contribution in [0.3, 0.4) is 0 Å². The van der Waals surface area contributed by atoms with Gasteiger partial charge in [0.15, 0.2) is 0 Å². The predicted molar refractivity (Wildman–Crippen MR) is 78.0 cm³/mol. The third-order valence-corrected chi connectivity index (χ3v) is 5.59. The van der Waals surface area contributed by atoms with Gasteiger partial charge in [-0.3, -0.25) is 0 Å². The van der Waals surface area contributed by atoms with Crippen LogP contribution in [0.15, 0.2) is 24.3 Å². The van der Waals surface area contributed by atoms with E-state index in [-0.39, 0.29) is 0 Å². The van der Waals surface area contributed by atoms with Crippen molar-refractivity contribution in [1.82, 2.24) is 0 Å². The Balaban J connectivity index is 2.03. The van der Waals surface area contributed by atoms with Crippen LogP contribution in [0.5, 0.6) is 0 Å². The van der Waals surface area contributed by atoms with E-state index >= 15 is 0 Å². The zero-order chi connectivity index (χ0) is 12.8. The average Bonchev–Trinajstić information content (AvgIpc) is 2.60. The molecule has 1 saturated carbocycles. The van der Waals surface area contributed by atoms with Crippen molar-refractivity contribution in [2.24, 2.45) is 5.92 Å². The fourth-order valence-corrected chi connectivity index (χ4v) is 4.78. The maximum Gasteiger partial charge on any atom is -0.00358 e. The maximum atomic E-state index is 2.54. The summed E-state index contributed by atoms with van der Waals surface area (Å²) in [7, 11) is 0. The molecule has 3 rings (SSSR count). The Morgan fingerprint density at radius 2 is 1.50 bits per heavy atom. The maximum absolute atomic E-state index is 2.54. The first-order valence-electron chi connectivity index (χ1n) is 7.64. The SMILES string of the molecule is CC1(C)CC(C)(C2CCCCC2)c2ccccc21. The highest BCUT2D eigenvalue weighted by Crippen LogP contribution is 2.55. The van der Waals surface area contributed by atoms with Gasteiger partial charge in [-0.05, 0) is 47.1 Å². The Morgan fingerprint density at radius 3 is 2.17 bits per heavy atom. The van der Waals surface area contributed by atoms with E-state index in [4.69, 9.17) is 0 Å². The summed E-state index contributed by atoms with van der Waals surface area (Å²) in [5.74, 6) is 0.911. The lowest BCUT2D eigenvalue weighted by Crippen LogP contribution is -2.33. The second-order valence-electron chi connectivity index (χ2n) is 7.36. The largest absolute Gasteiger partial charge is 0.0620 e. The van der Waals surface area contributed by atoms with Gasteiger partial charge in [-0.1, -0.05) is 64.3 Å². The molecule has 0 nitrogen and oxygen atoms in total. The van der Waals surface area contributed by atoms with Gasteiger partial charge >= 0.3 is 0 Å². The molecule has 0 aliphatic heterocycles. The van der Waals surface area contributed by atoms with Crippen molar-refractivity contribution >= 4 is 0 Å². The van der Waals surface area contributed by atoms with E-state index in [0.29, 0.717) is 10.8 Å². The fourth-order valence-electron chi connectivity index (χ4n) is 4.78. The summed E-state index contributed by atoms with van der Waals surface area (Å²) in [6, 6.07) is 9.22. The van der Waals surface area contributed by atoms with E-state index in [0.717, 1.165) is 5.92 Å². The van der Waals surface area contributed by atoms with E-state index in [9.17, 15) is 0 Å². The third kappa shape index (κ3) is 1.73. The molecule has 1 atom stereocenters. The van der Waals surface area contributed by atoms with Crippen molar-refractivity contribution in [3.63, 3.8) is 0 Å². The number of fused-ring (bicyclic) bond motifs is 1. The molecule has 1 aromatic rings. The summed E-state index contributed by atoms with van der Waals surface area (Å²) in [6.45, 7) is 7.40. The van der Waals surface area contributed by atoms with Crippen molar-refractivity contribution in [3.8, 4) is 0 Å². The number of hydrogen-bond acceptors (Lipinski definition) is 0. The molecule has 2 aliphatic rings. The van der Waals surface area contributed by atoms with Crippen LogP contribution < -0.4 is 0 Å². The van der Waals surface area contributed by atoms with Crippen molar-refractivity contribution < 1.29 is 0 Å². The van der Waals surface area contributed by atoms with Gasteiger partial charge in [-0.2, -0.15) is 0 Å². The van der Waals surface area contributed by atoms with Gasteiger partial charge in [0.05, 0.1) is 0 Å². The second-order valence-corrected chi connectivity index (χ2v) is 7.36. The van der Waals surface area contributed by atoms with Crippen LogP contribution >= 0.6 is 0 Å². The van der Waals surface area contributed by atoms with Crippen molar-refractivity contribution in [1.29, 1.82) is 0 Å². The first-order chi connectivity index (χ1) is 8.54. The second kappa shape index (κ2) is 4.11. The van der Waals surface area contributed by atoms with Crippen LogP contribution in [0.25, 0.3) is 0 Å². The lowest BCUT2D eigenvalue weighted by atomic mass is 9.66. The lowest BCUT2D eigenvalue weighted by molar-refractivity contribution is 0.198. The highest BCUT2D eigenvalue weighted by molar-refractivity contribution is 5.45. The topological polar surface area (TPSA) is 0 Å². The van der Waals surface area contributed by atoms with Crippen molar-refractivity contribution in [2.75, 3.05) is 0 Å². The average molecular weight is 242 g/mol. The molecule has 0 saturated heterocycles. The van der Waals surface area contributed by atoms with Gasteiger partial charge in [0, 0.05) is 0 Å². The Hall–Kier alpha value is -0.780. The summed E-state index contributed by atoms with van der Waals surface area (Å²) in [5.41, 5.74) is 4.06. The van der Waals surface area contributed by atoms with Crippen LogP contribution in [0.1, 0.15) is 70.4 Å². The lowest BCUT2D eigenvalue weighted by Gasteiger charge is -2.39. The van der Waals surface area contributed by atoms with E-state index in [2.05, 4.69) is 45.0 Å². The van der Waals surface area contributed by atoms with Crippen LogP contribution in [-0.2, 0) is 10.8 Å². The van der Waals surface area contributed by atoms with Crippen LogP contribution in [0, 0.1) is 5.92 Å². The molecule has 1 unspecified atom stereocenters. The zero-order valence-electron chi connectivity index (χ0n) is 12.1. The Kier molecular flexibility index (Phi) is 2.80. The molecular formula is C18H26. The summed E-state index contributed by atoms with van der Waals surface area (Å²) < 4.78 is 0. The first-order valence-corrected chi connectivity index (χ1v) is 7.64. The van der Waals surface area contributed by atoms with Gasteiger partial charge in [0.1, 0.15) is 0 Å². The third-order valence-electron chi connectivity index (χ3n) is 5.59. The van der Waals surface area contributed by atoms with Gasteiger partial charge < -0.3 is 0 Å². The number of rotatable bonds is 1. The molecule has 0 aromatic heterocycles. The Morgan fingerprint density at radius 1 is 0.889 bits per heavy atom. The Bertz CT molecular complexity index is 437. The predicted octanol–water partition coefficient (Wildman–Crippen LogP) is 5.21. The standard InChI is InChI=1S/C18H26/c1-17(2)13-18(3,14-9-5-4-6-10-14)16-12-8-7-11-15(16)17/h7-8,11-12,14H,4-6,9-10,13H2,1-3H3. The quantitative estimate of drug-likeness (QED) is 0.634. The normalized spacial score (nSPS) is 31.3. The Labute approximate surface area is 112 Å². The highest BCUT2D eigenvalue weighted by Gasteiger charge is 2.48.